The molecule has 11 nitrogen and oxygen atoms in total. The highest BCUT2D eigenvalue weighted by Gasteiger charge is 2.51. The van der Waals surface area contributed by atoms with E-state index in [9.17, 15) is 28.3 Å². The number of aryl methyl sites for hydroxylation is 1. The first-order valence-electron chi connectivity index (χ1n) is 15.4. The van der Waals surface area contributed by atoms with Gasteiger partial charge in [-0.2, -0.15) is 9.97 Å². The molecule has 0 aliphatic carbocycles. The Hall–Kier alpha value is -4.39. The number of halogens is 2. The first kappa shape index (κ1) is 28.1. The van der Waals surface area contributed by atoms with Crippen molar-refractivity contribution in [2.45, 2.75) is 50.9 Å². The summed E-state index contributed by atoms with van der Waals surface area (Å²) in [5.74, 6) is -2.55. The normalized spacial score (nSPS) is 27.4. The molecule has 45 heavy (non-hydrogen) atoms. The fourth-order valence-corrected chi connectivity index (χ4v) is 8.15. The van der Waals surface area contributed by atoms with Gasteiger partial charge in [0.1, 0.15) is 35.7 Å². The number of anilines is 2. The van der Waals surface area contributed by atoms with Crippen LogP contribution in [0.5, 0.6) is 11.8 Å². The number of aromatic nitrogens is 2. The van der Waals surface area contributed by atoms with Gasteiger partial charge < -0.3 is 19.6 Å². The third-order valence-electron chi connectivity index (χ3n) is 10.3. The molecule has 8 rings (SSSR count). The summed E-state index contributed by atoms with van der Waals surface area (Å²) in [5.41, 5.74) is 0.883. The van der Waals surface area contributed by atoms with Crippen molar-refractivity contribution in [3.05, 3.63) is 46.9 Å². The molecule has 1 aromatic heterocycles. The Labute approximate surface area is 257 Å². The van der Waals surface area contributed by atoms with E-state index < -0.39 is 35.3 Å². The van der Waals surface area contributed by atoms with E-state index in [1.165, 1.54) is 23.1 Å². The zero-order valence-corrected chi connectivity index (χ0v) is 24.7. The molecule has 234 valence electrons. The van der Waals surface area contributed by atoms with Crippen molar-refractivity contribution in [2.75, 3.05) is 42.6 Å². The fraction of sp³-hybridized carbons (Fsp3) is 0.469. The van der Waals surface area contributed by atoms with Crippen molar-refractivity contribution in [3.8, 4) is 11.8 Å². The molecule has 5 aliphatic heterocycles. The van der Waals surface area contributed by atoms with Crippen LogP contribution in [-0.4, -0.2) is 82.2 Å². The van der Waals surface area contributed by atoms with Crippen molar-refractivity contribution in [2.24, 2.45) is 11.8 Å². The molecular weight excluding hydrogens is 586 g/mol. The minimum atomic E-state index is -0.931. The molecule has 2 aromatic carbocycles. The van der Waals surface area contributed by atoms with Crippen LogP contribution in [0.25, 0.3) is 10.8 Å². The van der Waals surface area contributed by atoms with E-state index in [0.717, 1.165) is 19.4 Å². The Kier molecular flexibility index (Phi) is 6.28. The maximum Gasteiger partial charge on any atom is 0.318 e. The number of imide groups is 1. The molecular formula is C32H32F2N6O5. The Morgan fingerprint density at radius 2 is 1.89 bits per heavy atom. The number of benzene rings is 2. The van der Waals surface area contributed by atoms with Crippen molar-refractivity contribution in [3.63, 3.8) is 0 Å². The van der Waals surface area contributed by atoms with E-state index in [0.29, 0.717) is 47.1 Å². The van der Waals surface area contributed by atoms with Crippen LogP contribution in [0.2, 0.25) is 0 Å². The van der Waals surface area contributed by atoms with Crippen LogP contribution in [0.1, 0.15) is 47.8 Å². The van der Waals surface area contributed by atoms with Gasteiger partial charge in [-0.3, -0.25) is 24.6 Å². The van der Waals surface area contributed by atoms with Crippen LogP contribution in [-0.2, 0) is 22.6 Å². The Balaban J connectivity index is 1.20. The van der Waals surface area contributed by atoms with Crippen LogP contribution >= 0.6 is 0 Å². The zero-order valence-electron chi connectivity index (χ0n) is 24.7. The summed E-state index contributed by atoms with van der Waals surface area (Å²) in [7, 11) is 0. The van der Waals surface area contributed by atoms with Crippen LogP contribution in [0.4, 0.5) is 20.3 Å². The number of fused-ring (bicyclic) bond motifs is 4. The second-order valence-corrected chi connectivity index (χ2v) is 12.8. The molecule has 0 saturated carbocycles. The summed E-state index contributed by atoms with van der Waals surface area (Å²) in [6, 6.07) is 5.92. The number of amides is 3. The lowest BCUT2D eigenvalue weighted by Crippen LogP contribution is -2.43. The van der Waals surface area contributed by atoms with Gasteiger partial charge in [-0.15, -0.1) is 0 Å². The lowest BCUT2D eigenvalue weighted by atomic mass is 9.95. The summed E-state index contributed by atoms with van der Waals surface area (Å²) in [6.45, 7) is 3.54. The third kappa shape index (κ3) is 4.27. The molecule has 0 spiro atoms. The quantitative estimate of drug-likeness (QED) is 0.401. The number of phenolic OH excluding ortho intramolecular Hbond substituents is 1. The molecule has 4 atom stereocenters. The molecule has 0 radical (unpaired) electrons. The molecule has 0 bridgehead atoms. The number of hydrogen-bond donors (Lipinski definition) is 2. The summed E-state index contributed by atoms with van der Waals surface area (Å²) in [5, 5.41) is 14.1. The van der Waals surface area contributed by atoms with E-state index >= 15 is 0 Å². The number of ether oxygens (including phenoxy) is 1. The van der Waals surface area contributed by atoms with E-state index in [4.69, 9.17) is 4.74 Å². The molecule has 6 heterocycles. The number of nitrogens with one attached hydrogen (secondary N) is 1. The SMILES string of the molecule is CCc1c(F)ccc2cc(O)cc(N3Cc4nc(OC[C@@]56CCCN5C[C@H](F)C6)nc(N5CC6C(=O)NC(=O)C6C5)c4C3=O)c12. The van der Waals surface area contributed by atoms with Crippen LogP contribution in [0, 0.1) is 17.7 Å². The molecule has 4 saturated heterocycles. The number of carbonyl (C=O) groups is 3. The number of nitrogens with zero attached hydrogens (tertiary/aromatic N) is 5. The summed E-state index contributed by atoms with van der Waals surface area (Å²) >= 11 is 0. The van der Waals surface area contributed by atoms with Crippen molar-refractivity contribution in [1.29, 1.82) is 0 Å². The topological polar surface area (TPSA) is 128 Å². The standard InChI is InChI=1S/C32H32F2N6O5/c1-2-19-22(34)5-4-16-8-18(41)9-24(25(16)19)40-14-23-26(30(40)44)27(38-12-20-21(13-38)29(43)37-28(20)42)36-31(35-23)45-15-32-6-3-7-39(32)11-17(33)10-32/h4-5,8-9,17,20-21,41H,2-3,6-7,10-15H2,1H3,(H,37,42,43)/t17-,20?,21?,32+/m1/s1. The molecule has 5 aliphatic rings. The Morgan fingerprint density at radius 3 is 2.64 bits per heavy atom. The predicted molar refractivity (Wildman–Crippen MR) is 158 cm³/mol. The molecule has 4 fully saturated rings. The zero-order chi connectivity index (χ0) is 31.2. The molecule has 3 aromatic rings. The van der Waals surface area contributed by atoms with Crippen molar-refractivity contribution < 1.29 is 33.0 Å². The number of hydrogen-bond acceptors (Lipinski definition) is 9. The van der Waals surface area contributed by atoms with E-state index in [1.54, 1.807) is 11.0 Å². The third-order valence-corrected chi connectivity index (χ3v) is 10.3. The first-order valence-corrected chi connectivity index (χ1v) is 15.4. The lowest BCUT2D eigenvalue weighted by Gasteiger charge is -2.31. The minimum Gasteiger partial charge on any atom is -0.508 e. The average molecular weight is 619 g/mol. The summed E-state index contributed by atoms with van der Waals surface area (Å²) in [4.78, 5) is 53.9. The van der Waals surface area contributed by atoms with Gasteiger partial charge in [-0.05, 0) is 48.9 Å². The summed E-state index contributed by atoms with van der Waals surface area (Å²) < 4.78 is 35.6. The van der Waals surface area contributed by atoms with Crippen molar-refractivity contribution in [1.82, 2.24) is 20.2 Å². The van der Waals surface area contributed by atoms with Gasteiger partial charge in [0, 0.05) is 37.5 Å². The number of phenols is 1. The van der Waals surface area contributed by atoms with Gasteiger partial charge in [-0.1, -0.05) is 13.0 Å². The average Bonchev–Trinajstić information content (AvgIpc) is 3.80. The van der Waals surface area contributed by atoms with Crippen LogP contribution < -0.4 is 19.9 Å². The van der Waals surface area contributed by atoms with Gasteiger partial charge in [0.2, 0.25) is 11.8 Å². The summed E-state index contributed by atoms with van der Waals surface area (Å²) in [6.07, 6.45) is 1.54. The van der Waals surface area contributed by atoms with Gasteiger partial charge in [0.25, 0.3) is 5.91 Å². The highest BCUT2D eigenvalue weighted by Crippen LogP contribution is 2.44. The predicted octanol–water partition coefficient (Wildman–Crippen LogP) is 2.86. The van der Waals surface area contributed by atoms with E-state index in [1.807, 2.05) is 6.92 Å². The number of carbonyl (C=O) groups excluding carboxylic acids is 3. The van der Waals surface area contributed by atoms with E-state index in [2.05, 4.69) is 20.2 Å². The Morgan fingerprint density at radius 1 is 1.11 bits per heavy atom. The fourth-order valence-electron chi connectivity index (χ4n) is 8.15. The lowest BCUT2D eigenvalue weighted by molar-refractivity contribution is -0.126. The molecule has 2 unspecified atom stereocenters. The minimum absolute atomic E-state index is 0.00219. The Bertz CT molecular complexity index is 1780. The van der Waals surface area contributed by atoms with Crippen molar-refractivity contribution >= 4 is 40.0 Å². The van der Waals surface area contributed by atoms with Gasteiger partial charge in [0.15, 0.2) is 0 Å². The number of aromatic hydroxyl groups is 1. The van der Waals surface area contributed by atoms with Crippen LogP contribution in [0.3, 0.4) is 0 Å². The number of rotatable bonds is 6. The van der Waals surface area contributed by atoms with E-state index in [-0.39, 0.29) is 61.2 Å². The van der Waals surface area contributed by atoms with Gasteiger partial charge in [-0.25, -0.2) is 8.78 Å². The second-order valence-electron chi connectivity index (χ2n) is 12.8. The largest absolute Gasteiger partial charge is 0.508 e. The van der Waals surface area contributed by atoms with Crippen LogP contribution in [0.15, 0.2) is 24.3 Å². The highest BCUT2D eigenvalue weighted by molar-refractivity contribution is 6.17. The molecule has 13 heteroatoms. The maximum absolute atomic E-state index is 15.0. The maximum atomic E-state index is 15.0. The smallest absolute Gasteiger partial charge is 0.318 e. The first-order chi connectivity index (χ1) is 21.7. The monoisotopic (exact) mass is 618 g/mol. The highest BCUT2D eigenvalue weighted by atomic mass is 19.1. The number of alkyl halides is 1. The van der Waals surface area contributed by atoms with Gasteiger partial charge in [0.05, 0.1) is 35.3 Å². The second kappa shape index (κ2) is 10.1. The van der Waals surface area contributed by atoms with Gasteiger partial charge >= 0.3 is 6.01 Å². The molecule has 3 amide bonds. The molecule has 2 N–H and O–H groups in total.